The van der Waals surface area contributed by atoms with E-state index in [-0.39, 0.29) is 22.7 Å². The minimum atomic E-state index is -3.23. The van der Waals surface area contributed by atoms with Crippen LogP contribution < -0.4 is 0 Å². The summed E-state index contributed by atoms with van der Waals surface area (Å²) in [6, 6.07) is 6.61. The zero-order valence-corrected chi connectivity index (χ0v) is 20.8. The van der Waals surface area contributed by atoms with Crippen LogP contribution in [0, 0.1) is 0 Å². The molecule has 1 aliphatic rings. The van der Waals surface area contributed by atoms with Crippen molar-refractivity contribution in [3.8, 4) is 11.4 Å². The molecule has 1 fully saturated rings. The topological polar surface area (TPSA) is 74.1 Å². The van der Waals surface area contributed by atoms with Crippen molar-refractivity contribution >= 4 is 9.84 Å². The largest absolute Gasteiger partial charge is 0.376 e. The number of hydrogen-bond donors (Lipinski definition) is 0. The molecular formula is C24H37N3O3S. The molecule has 0 bridgehead atoms. The van der Waals surface area contributed by atoms with E-state index in [0.29, 0.717) is 18.2 Å². The fourth-order valence-electron chi connectivity index (χ4n) is 3.79. The average Bonchev–Trinajstić information content (AvgIpc) is 3.01. The SMILES string of the molecule is CC(C)(C)c1cc(-c2nc(CS(C)(=O)=O)nn2CC2CCCCO2)cc(C(C)(C)C)c1. The molecule has 0 saturated carbocycles. The van der Waals surface area contributed by atoms with E-state index >= 15 is 0 Å². The van der Waals surface area contributed by atoms with Crippen LogP contribution in [0.2, 0.25) is 0 Å². The molecule has 1 aromatic heterocycles. The molecule has 1 aliphatic heterocycles. The number of hydrogen-bond acceptors (Lipinski definition) is 5. The highest BCUT2D eigenvalue weighted by Crippen LogP contribution is 2.34. The van der Waals surface area contributed by atoms with Crippen molar-refractivity contribution in [3.63, 3.8) is 0 Å². The van der Waals surface area contributed by atoms with Crippen LogP contribution in [0.1, 0.15) is 77.8 Å². The molecule has 1 aromatic carbocycles. The first kappa shape index (κ1) is 23.9. The van der Waals surface area contributed by atoms with Gasteiger partial charge in [-0.1, -0.05) is 47.6 Å². The molecule has 2 aromatic rings. The smallest absolute Gasteiger partial charge is 0.166 e. The van der Waals surface area contributed by atoms with Crippen molar-refractivity contribution in [2.24, 2.45) is 0 Å². The molecule has 2 heterocycles. The van der Waals surface area contributed by atoms with Gasteiger partial charge in [0.2, 0.25) is 0 Å². The van der Waals surface area contributed by atoms with Gasteiger partial charge in [-0.3, -0.25) is 0 Å². The van der Waals surface area contributed by atoms with E-state index in [1.807, 2.05) is 4.68 Å². The van der Waals surface area contributed by atoms with Crippen LogP contribution in [0.25, 0.3) is 11.4 Å². The van der Waals surface area contributed by atoms with Gasteiger partial charge in [0.15, 0.2) is 21.5 Å². The summed E-state index contributed by atoms with van der Waals surface area (Å²) in [6.45, 7) is 14.6. The van der Waals surface area contributed by atoms with Crippen LogP contribution in [0.15, 0.2) is 18.2 Å². The maximum Gasteiger partial charge on any atom is 0.166 e. The van der Waals surface area contributed by atoms with Gasteiger partial charge in [-0.05, 0) is 53.4 Å². The second-order valence-electron chi connectivity index (χ2n) is 10.9. The zero-order valence-electron chi connectivity index (χ0n) is 20.0. The highest BCUT2D eigenvalue weighted by atomic mass is 32.2. The Hall–Kier alpha value is -1.73. The van der Waals surface area contributed by atoms with Crippen LogP contribution in [-0.4, -0.2) is 42.1 Å². The first-order valence-electron chi connectivity index (χ1n) is 11.1. The Bertz CT molecular complexity index is 989. The van der Waals surface area contributed by atoms with Crippen LogP contribution >= 0.6 is 0 Å². The Balaban J connectivity index is 2.12. The lowest BCUT2D eigenvalue weighted by atomic mass is 9.79. The molecule has 0 radical (unpaired) electrons. The van der Waals surface area contributed by atoms with E-state index in [2.05, 4.69) is 64.8 Å². The van der Waals surface area contributed by atoms with Gasteiger partial charge >= 0.3 is 0 Å². The van der Waals surface area contributed by atoms with Gasteiger partial charge in [0.25, 0.3) is 0 Å². The number of sulfone groups is 1. The van der Waals surface area contributed by atoms with E-state index in [1.165, 1.54) is 17.4 Å². The second kappa shape index (κ2) is 8.66. The first-order chi connectivity index (χ1) is 14.2. The fraction of sp³-hybridized carbons (Fsp3) is 0.667. The molecule has 6 nitrogen and oxygen atoms in total. The summed E-state index contributed by atoms with van der Waals surface area (Å²) in [5, 5.41) is 4.60. The summed E-state index contributed by atoms with van der Waals surface area (Å²) >= 11 is 0. The highest BCUT2D eigenvalue weighted by Gasteiger charge is 2.25. The summed E-state index contributed by atoms with van der Waals surface area (Å²) in [5.74, 6) is 0.889. The van der Waals surface area contributed by atoms with Crippen molar-refractivity contribution in [2.75, 3.05) is 12.9 Å². The minimum Gasteiger partial charge on any atom is -0.376 e. The van der Waals surface area contributed by atoms with Crippen molar-refractivity contribution in [2.45, 2.75) is 90.0 Å². The molecule has 0 N–H and O–H groups in total. The lowest BCUT2D eigenvalue weighted by molar-refractivity contribution is 0.00420. The second-order valence-corrected chi connectivity index (χ2v) is 13.0. The third-order valence-corrected chi connectivity index (χ3v) is 6.46. The molecular weight excluding hydrogens is 410 g/mol. The van der Waals surface area contributed by atoms with E-state index in [4.69, 9.17) is 9.72 Å². The van der Waals surface area contributed by atoms with Gasteiger partial charge in [-0.15, -0.1) is 0 Å². The van der Waals surface area contributed by atoms with Crippen LogP contribution in [0.3, 0.4) is 0 Å². The highest BCUT2D eigenvalue weighted by molar-refractivity contribution is 7.89. The molecule has 0 amide bonds. The third kappa shape index (κ3) is 6.39. The molecule has 31 heavy (non-hydrogen) atoms. The lowest BCUT2D eigenvalue weighted by Gasteiger charge is -2.26. The summed E-state index contributed by atoms with van der Waals surface area (Å²) in [6.07, 6.45) is 4.50. The van der Waals surface area contributed by atoms with Gasteiger partial charge in [-0.2, -0.15) is 5.10 Å². The number of ether oxygens (including phenoxy) is 1. The molecule has 7 heteroatoms. The molecule has 3 rings (SSSR count). The normalized spacial score (nSPS) is 18.4. The summed E-state index contributed by atoms with van der Waals surface area (Å²) in [4.78, 5) is 4.69. The van der Waals surface area contributed by atoms with Crippen molar-refractivity contribution in [1.29, 1.82) is 0 Å². The lowest BCUT2D eigenvalue weighted by Crippen LogP contribution is -2.25. The summed E-state index contributed by atoms with van der Waals surface area (Å²) in [5.41, 5.74) is 3.37. The molecule has 1 unspecified atom stereocenters. The molecule has 0 aliphatic carbocycles. The van der Waals surface area contributed by atoms with Gasteiger partial charge in [0, 0.05) is 18.4 Å². The quantitative estimate of drug-likeness (QED) is 0.667. The summed E-state index contributed by atoms with van der Waals surface area (Å²) in [7, 11) is -3.23. The van der Waals surface area contributed by atoms with Gasteiger partial charge in [0.05, 0.1) is 12.6 Å². The number of nitrogens with zero attached hydrogens (tertiary/aromatic N) is 3. The average molecular weight is 448 g/mol. The Kier molecular flexibility index (Phi) is 6.68. The maximum absolute atomic E-state index is 11.9. The van der Waals surface area contributed by atoms with E-state index in [1.54, 1.807) is 0 Å². The Labute approximate surface area is 187 Å². The molecule has 1 saturated heterocycles. The fourth-order valence-corrected chi connectivity index (χ4v) is 4.38. The molecule has 172 valence electrons. The minimum absolute atomic E-state index is 0.0249. The predicted molar refractivity (Wildman–Crippen MR) is 125 cm³/mol. The first-order valence-corrected chi connectivity index (χ1v) is 13.2. The van der Waals surface area contributed by atoms with Gasteiger partial charge in [-0.25, -0.2) is 18.1 Å². The maximum atomic E-state index is 11.9. The monoisotopic (exact) mass is 447 g/mol. The van der Waals surface area contributed by atoms with Gasteiger partial charge < -0.3 is 4.74 Å². The van der Waals surface area contributed by atoms with E-state index in [0.717, 1.165) is 31.4 Å². The van der Waals surface area contributed by atoms with Crippen molar-refractivity contribution < 1.29 is 13.2 Å². The zero-order chi connectivity index (χ0) is 23.0. The van der Waals surface area contributed by atoms with Crippen LogP contribution in [-0.2, 0) is 37.7 Å². The Morgan fingerprint density at radius 3 is 2.13 bits per heavy atom. The number of benzene rings is 1. The third-order valence-electron chi connectivity index (χ3n) is 5.68. The van der Waals surface area contributed by atoms with Crippen LogP contribution in [0.4, 0.5) is 0 Å². The van der Waals surface area contributed by atoms with Crippen molar-refractivity contribution in [3.05, 3.63) is 35.2 Å². The Morgan fingerprint density at radius 1 is 1.03 bits per heavy atom. The van der Waals surface area contributed by atoms with Crippen LogP contribution in [0.5, 0.6) is 0 Å². The molecule has 1 atom stereocenters. The van der Waals surface area contributed by atoms with Gasteiger partial charge in [0.1, 0.15) is 5.75 Å². The molecule has 0 spiro atoms. The number of rotatable bonds is 5. The number of aromatic nitrogens is 3. The van der Waals surface area contributed by atoms with Crippen molar-refractivity contribution in [1.82, 2.24) is 14.8 Å². The standard InChI is InChI=1S/C24H37N3O3S/c1-23(2,3)18-12-17(13-19(14-18)24(4,5)6)22-25-21(16-31(7,28)29)26-27(22)15-20-10-8-9-11-30-20/h12-14,20H,8-11,15-16H2,1-7H3. The Morgan fingerprint density at radius 2 is 1.65 bits per heavy atom. The predicted octanol–water partition coefficient (Wildman–Crippen LogP) is 4.65. The summed E-state index contributed by atoms with van der Waals surface area (Å²) < 4.78 is 31.6. The van der Waals surface area contributed by atoms with E-state index in [9.17, 15) is 8.42 Å². The van der Waals surface area contributed by atoms with E-state index < -0.39 is 9.84 Å².